The molecule has 2 aliphatic heterocycles. The Hall–Kier alpha value is -3.68. The van der Waals surface area contributed by atoms with Gasteiger partial charge in [-0.3, -0.25) is 0 Å². The molecule has 0 atom stereocenters. The van der Waals surface area contributed by atoms with E-state index in [1.807, 2.05) is 51.1 Å². The average molecular weight is 460 g/mol. The average Bonchev–Trinajstić information content (AvgIpc) is 3.24. The predicted molar refractivity (Wildman–Crippen MR) is 128 cm³/mol. The van der Waals surface area contributed by atoms with Crippen molar-refractivity contribution in [3.63, 3.8) is 0 Å². The molecular weight excluding hydrogens is 430 g/mol. The van der Waals surface area contributed by atoms with Gasteiger partial charge in [-0.2, -0.15) is 4.80 Å². The molecule has 0 aliphatic carbocycles. The van der Waals surface area contributed by atoms with Gasteiger partial charge in [-0.05, 0) is 55.3 Å². The molecule has 1 saturated heterocycles. The normalized spacial score (nSPS) is 17.1. The summed E-state index contributed by atoms with van der Waals surface area (Å²) in [6.07, 6.45) is 3.34. The first-order chi connectivity index (χ1) is 16.2. The quantitative estimate of drug-likeness (QED) is 0.562. The van der Waals surface area contributed by atoms with Gasteiger partial charge in [0.15, 0.2) is 0 Å². The van der Waals surface area contributed by atoms with E-state index in [-0.39, 0.29) is 6.09 Å². The van der Waals surface area contributed by atoms with Crippen LogP contribution in [-0.2, 0) is 11.8 Å². The SMILES string of the molecule is Cn1nnc(-c2cccc(C3=CC4(CCN(C(=O)OC(C)(C)C)CC4)Oc4ccccc43)c2)n1. The molecular formula is C26H29N5O3. The number of amides is 1. The van der Waals surface area contributed by atoms with Gasteiger partial charge in [-0.1, -0.05) is 36.4 Å². The third-order valence-electron chi connectivity index (χ3n) is 6.10. The van der Waals surface area contributed by atoms with Crippen LogP contribution in [0.1, 0.15) is 44.7 Å². The molecule has 8 nitrogen and oxygen atoms in total. The zero-order chi connectivity index (χ0) is 23.9. The number of para-hydroxylation sites is 1. The number of aromatic nitrogens is 4. The highest BCUT2D eigenvalue weighted by Crippen LogP contribution is 2.43. The first-order valence-electron chi connectivity index (χ1n) is 11.6. The van der Waals surface area contributed by atoms with Gasteiger partial charge < -0.3 is 14.4 Å². The summed E-state index contributed by atoms with van der Waals surface area (Å²) in [4.78, 5) is 15.8. The Labute approximate surface area is 199 Å². The van der Waals surface area contributed by atoms with Gasteiger partial charge in [0.05, 0.1) is 7.05 Å². The van der Waals surface area contributed by atoms with Crippen LogP contribution in [0.5, 0.6) is 5.75 Å². The van der Waals surface area contributed by atoms with Crippen molar-refractivity contribution in [2.24, 2.45) is 7.05 Å². The highest BCUT2D eigenvalue weighted by atomic mass is 16.6. The van der Waals surface area contributed by atoms with E-state index in [0.717, 1.165) is 28.0 Å². The van der Waals surface area contributed by atoms with Crippen molar-refractivity contribution in [1.29, 1.82) is 0 Å². The summed E-state index contributed by atoms with van der Waals surface area (Å²) >= 11 is 0. The summed E-state index contributed by atoms with van der Waals surface area (Å²) in [6.45, 7) is 6.81. The van der Waals surface area contributed by atoms with Crippen molar-refractivity contribution in [1.82, 2.24) is 25.1 Å². The van der Waals surface area contributed by atoms with E-state index in [1.54, 1.807) is 11.9 Å². The third-order valence-corrected chi connectivity index (χ3v) is 6.10. The maximum Gasteiger partial charge on any atom is 0.410 e. The second-order valence-electron chi connectivity index (χ2n) is 9.87. The Morgan fingerprint density at radius 1 is 1.06 bits per heavy atom. The molecule has 1 spiro atoms. The molecule has 0 saturated carbocycles. The van der Waals surface area contributed by atoms with Crippen molar-refractivity contribution < 1.29 is 14.3 Å². The van der Waals surface area contributed by atoms with Crippen LogP contribution in [-0.4, -0.2) is 55.5 Å². The number of benzene rings is 2. The molecule has 1 aromatic heterocycles. The maximum absolute atomic E-state index is 12.6. The molecule has 2 aliphatic rings. The van der Waals surface area contributed by atoms with Crippen LogP contribution in [0, 0.1) is 0 Å². The number of likely N-dealkylation sites (tertiary alicyclic amines) is 1. The van der Waals surface area contributed by atoms with Crippen molar-refractivity contribution >= 4 is 11.7 Å². The van der Waals surface area contributed by atoms with E-state index in [9.17, 15) is 4.79 Å². The Morgan fingerprint density at radius 3 is 2.50 bits per heavy atom. The molecule has 1 amide bonds. The van der Waals surface area contributed by atoms with Crippen molar-refractivity contribution in [2.45, 2.75) is 44.8 Å². The van der Waals surface area contributed by atoms with Crippen molar-refractivity contribution in [2.75, 3.05) is 13.1 Å². The second-order valence-corrected chi connectivity index (χ2v) is 9.87. The number of piperidine rings is 1. The molecule has 8 heteroatoms. The van der Waals surface area contributed by atoms with Gasteiger partial charge in [0.1, 0.15) is 17.0 Å². The Bertz CT molecular complexity index is 1250. The van der Waals surface area contributed by atoms with Gasteiger partial charge in [0.2, 0.25) is 5.82 Å². The topological polar surface area (TPSA) is 82.4 Å². The number of carbonyl (C=O) groups excluding carboxylic acids is 1. The fraction of sp³-hybridized carbons (Fsp3) is 0.385. The smallest absolute Gasteiger partial charge is 0.410 e. The molecule has 3 heterocycles. The summed E-state index contributed by atoms with van der Waals surface area (Å²) in [6, 6.07) is 16.3. The van der Waals surface area contributed by atoms with Crippen LogP contribution in [0.3, 0.4) is 0 Å². The van der Waals surface area contributed by atoms with E-state index in [4.69, 9.17) is 9.47 Å². The molecule has 1 fully saturated rings. The minimum absolute atomic E-state index is 0.271. The van der Waals surface area contributed by atoms with Crippen LogP contribution in [0.25, 0.3) is 17.0 Å². The highest BCUT2D eigenvalue weighted by Gasteiger charge is 2.40. The third kappa shape index (κ3) is 4.40. The highest BCUT2D eigenvalue weighted by molar-refractivity contribution is 5.86. The molecule has 34 heavy (non-hydrogen) atoms. The van der Waals surface area contributed by atoms with Crippen molar-refractivity contribution in [3.05, 3.63) is 65.7 Å². The zero-order valence-corrected chi connectivity index (χ0v) is 20.0. The van der Waals surface area contributed by atoms with E-state index >= 15 is 0 Å². The van der Waals surface area contributed by atoms with Crippen LogP contribution in [0.2, 0.25) is 0 Å². The summed E-state index contributed by atoms with van der Waals surface area (Å²) < 4.78 is 12.1. The first kappa shape index (κ1) is 22.1. The molecule has 3 aromatic rings. The number of fused-ring (bicyclic) bond motifs is 1. The van der Waals surface area contributed by atoms with Crippen molar-refractivity contribution in [3.8, 4) is 17.1 Å². The van der Waals surface area contributed by atoms with Gasteiger partial charge in [-0.25, -0.2) is 4.79 Å². The monoisotopic (exact) mass is 459 g/mol. The fourth-order valence-corrected chi connectivity index (χ4v) is 4.47. The Kier molecular flexibility index (Phi) is 5.38. The number of nitrogens with zero attached hydrogens (tertiary/aromatic N) is 5. The van der Waals surface area contributed by atoms with E-state index in [0.29, 0.717) is 31.8 Å². The minimum atomic E-state index is -0.511. The second kappa shape index (κ2) is 8.27. The van der Waals surface area contributed by atoms with Crippen LogP contribution >= 0.6 is 0 Å². The number of rotatable bonds is 2. The lowest BCUT2D eigenvalue weighted by atomic mass is 9.82. The number of hydrogen-bond donors (Lipinski definition) is 0. The van der Waals surface area contributed by atoms with Gasteiger partial charge >= 0.3 is 6.09 Å². The molecule has 5 rings (SSSR count). The standard InChI is InChI=1S/C26H29N5O3/c1-25(2,3)34-24(32)31-14-12-26(13-15-31)17-21(20-10-5-6-11-22(20)33-26)18-8-7-9-19(16-18)23-27-29-30(4)28-23/h5-11,16-17H,12-15H2,1-4H3. The number of carbonyl (C=O) groups is 1. The number of tetrazole rings is 1. The fourth-order valence-electron chi connectivity index (χ4n) is 4.47. The van der Waals surface area contributed by atoms with Crippen LogP contribution in [0.15, 0.2) is 54.6 Å². The van der Waals surface area contributed by atoms with Crippen LogP contribution < -0.4 is 4.74 Å². The lowest BCUT2D eigenvalue weighted by molar-refractivity contribution is -0.00115. The molecule has 176 valence electrons. The van der Waals surface area contributed by atoms with Crippen LogP contribution in [0.4, 0.5) is 4.79 Å². The van der Waals surface area contributed by atoms with E-state index in [2.05, 4.69) is 39.7 Å². The molecule has 0 N–H and O–H groups in total. The number of ether oxygens (including phenoxy) is 2. The molecule has 0 radical (unpaired) electrons. The minimum Gasteiger partial charge on any atom is -0.482 e. The van der Waals surface area contributed by atoms with Gasteiger partial charge in [0.25, 0.3) is 0 Å². The molecule has 2 aromatic carbocycles. The largest absolute Gasteiger partial charge is 0.482 e. The molecule has 0 unspecified atom stereocenters. The zero-order valence-electron chi connectivity index (χ0n) is 20.0. The summed E-state index contributed by atoms with van der Waals surface area (Å²) in [5.74, 6) is 1.44. The lowest BCUT2D eigenvalue weighted by Crippen LogP contribution is -2.50. The van der Waals surface area contributed by atoms with Gasteiger partial charge in [-0.15, -0.1) is 10.2 Å². The predicted octanol–water partition coefficient (Wildman–Crippen LogP) is 4.47. The van der Waals surface area contributed by atoms with Gasteiger partial charge in [0, 0.05) is 37.1 Å². The molecule has 0 bridgehead atoms. The Balaban J connectivity index is 1.46. The summed E-state index contributed by atoms with van der Waals surface area (Å²) in [5.41, 5.74) is 3.13. The number of hydrogen-bond acceptors (Lipinski definition) is 6. The maximum atomic E-state index is 12.6. The summed E-state index contributed by atoms with van der Waals surface area (Å²) in [5, 5.41) is 12.5. The summed E-state index contributed by atoms with van der Waals surface area (Å²) in [7, 11) is 1.75. The van der Waals surface area contributed by atoms with E-state index in [1.165, 1.54) is 4.80 Å². The Morgan fingerprint density at radius 2 is 1.79 bits per heavy atom. The first-order valence-corrected chi connectivity index (χ1v) is 11.6. The lowest BCUT2D eigenvalue weighted by Gasteiger charge is -2.43. The van der Waals surface area contributed by atoms with E-state index < -0.39 is 11.2 Å². The number of aryl methyl sites for hydroxylation is 1.